The third kappa shape index (κ3) is 3.88. The topological polar surface area (TPSA) is 64.4 Å². The van der Waals surface area contributed by atoms with Gasteiger partial charge in [-0.2, -0.15) is 0 Å². The van der Waals surface area contributed by atoms with Crippen molar-refractivity contribution >= 4 is 40.4 Å². The number of amides is 1. The number of halogens is 1. The number of aromatic nitrogens is 1. The van der Waals surface area contributed by atoms with Gasteiger partial charge in [-0.1, -0.05) is 23.4 Å². The van der Waals surface area contributed by atoms with Crippen LogP contribution in [0.4, 0.5) is 0 Å². The van der Waals surface area contributed by atoms with Crippen LogP contribution in [-0.4, -0.2) is 36.4 Å². The number of nitrogens with one attached hydrogen (secondary N) is 1. The van der Waals surface area contributed by atoms with E-state index in [4.69, 9.17) is 20.8 Å². The van der Waals surface area contributed by atoms with Crippen LogP contribution in [0.1, 0.15) is 6.92 Å². The monoisotopic (exact) mass is 314 g/mol. The molecule has 7 heteroatoms. The molecule has 1 aromatic heterocycles. The average molecular weight is 315 g/mol. The predicted octanol–water partition coefficient (Wildman–Crippen LogP) is 2.72. The Hall–Kier alpha value is -1.24. The molecule has 2 aromatic rings. The molecule has 0 bridgehead atoms. The van der Waals surface area contributed by atoms with E-state index >= 15 is 0 Å². The summed E-state index contributed by atoms with van der Waals surface area (Å²) < 4.78 is 10.4. The minimum atomic E-state index is -0.296. The van der Waals surface area contributed by atoms with Crippen molar-refractivity contribution in [3.8, 4) is 0 Å². The molecule has 1 atom stereocenters. The first kappa shape index (κ1) is 15.2. The van der Waals surface area contributed by atoms with Crippen molar-refractivity contribution < 1.29 is 13.9 Å². The van der Waals surface area contributed by atoms with Crippen LogP contribution in [0.2, 0.25) is 5.02 Å². The molecule has 0 unspecified atom stereocenters. The molecule has 0 aliphatic rings. The standard InChI is InChI=1S/C13H15ClN2O3S/c1-8(12(17)15-5-6-18-2)20-13-16-10-4-3-9(14)7-11(10)19-13/h3-4,7-8H,5-6H2,1-2H3,(H,15,17)/t8-/m1/s1. The lowest BCUT2D eigenvalue weighted by atomic mass is 10.3. The van der Waals surface area contributed by atoms with Crippen molar-refractivity contribution in [1.82, 2.24) is 10.3 Å². The van der Waals surface area contributed by atoms with E-state index < -0.39 is 0 Å². The second kappa shape index (κ2) is 6.97. The lowest BCUT2D eigenvalue weighted by Crippen LogP contribution is -2.33. The SMILES string of the molecule is COCCNC(=O)[C@@H](C)Sc1nc2ccc(Cl)cc2o1. The van der Waals surface area contributed by atoms with Crippen LogP contribution in [0.25, 0.3) is 11.1 Å². The second-order valence-corrected chi connectivity index (χ2v) is 5.86. The molecule has 0 saturated heterocycles. The van der Waals surface area contributed by atoms with Crippen molar-refractivity contribution in [1.29, 1.82) is 0 Å². The number of carbonyl (C=O) groups excluding carboxylic acids is 1. The maximum absolute atomic E-state index is 11.8. The zero-order valence-corrected chi connectivity index (χ0v) is 12.8. The molecule has 0 spiro atoms. The molecule has 0 radical (unpaired) electrons. The Morgan fingerprint density at radius 2 is 2.40 bits per heavy atom. The highest BCUT2D eigenvalue weighted by Gasteiger charge is 2.17. The summed E-state index contributed by atoms with van der Waals surface area (Å²) in [7, 11) is 1.59. The number of carbonyl (C=O) groups is 1. The zero-order valence-electron chi connectivity index (χ0n) is 11.2. The van der Waals surface area contributed by atoms with Crippen molar-refractivity contribution in [2.45, 2.75) is 17.4 Å². The van der Waals surface area contributed by atoms with E-state index in [-0.39, 0.29) is 11.2 Å². The van der Waals surface area contributed by atoms with E-state index in [9.17, 15) is 4.79 Å². The summed E-state index contributed by atoms with van der Waals surface area (Å²) in [4.78, 5) is 16.1. The summed E-state index contributed by atoms with van der Waals surface area (Å²) >= 11 is 7.15. The van der Waals surface area contributed by atoms with E-state index in [0.717, 1.165) is 5.52 Å². The number of fused-ring (bicyclic) bond motifs is 1. The van der Waals surface area contributed by atoms with Gasteiger partial charge in [-0.15, -0.1) is 0 Å². The molecular weight excluding hydrogens is 300 g/mol. The molecule has 0 saturated carbocycles. The zero-order chi connectivity index (χ0) is 14.5. The first-order valence-corrected chi connectivity index (χ1v) is 7.35. The Labute approximate surface area is 126 Å². The predicted molar refractivity (Wildman–Crippen MR) is 79.2 cm³/mol. The van der Waals surface area contributed by atoms with E-state index in [1.54, 1.807) is 32.2 Å². The van der Waals surface area contributed by atoms with E-state index in [2.05, 4.69) is 10.3 Å². The lowest BCUT2D eigenvalue weighted by Gasteiger charge is -2.09. The molecule has 2 rings (SSSR count). The first-order valence-electron chi connectivity index (χ1n) is 6.09. The molecule has 0 aliphatic carbocycles. The Morgan fingerprint density at radius 3 is 3.15 bits per heavy atom. The molecule has 1 amide bonds. The lowest BCUT2D eigenvalue weighted by molar-refractivity contribution is -0.120. The van der Waals surface area contributed by atoms with Crippen LogP contribution < -0.4 is 5.32 Å². The van der Waals surface area contributed by atoms with Crippen LogP contribution in [0.5, 0.6) is 0 Å². The van der Waals surface area contributed by atoms with Gasteiger partial charge in [-0.25, -0.2) is 4.98 Å². The van der Waals surface area contributed by atoms with Gasteiger partial charge in [-0.05, 0) is 19.1 Å². The smallest absolute Gasteiger partial charge is 0.257 e. The fourth-order valence-electron chi connectivity index (χ4n) is 1.55. The van der Waals surface area contributed by atoms with Crippen LogP contribution in [0, 0.1) is 0 Å². The average Bonchev–Trinajstić information content (AvgIpc) is 2.80. The van der Waals surface area contributed by atoms with Gasteiger partial charge in [0.15, 0.2) is 5.58 Å². The van der Waals surface area contributed by atoms with Crippen LogP contribution in [-0.2, 0) is 9.53 Å². The molecule has 20 heavy (non-hydrogen) atoms. The quantitative estimate of drug-likeness (QED) is 0.656. The minimum absolute atomic E-state index is 0.0765. The number of hydrogen-bond acceptors (Lipinski definition) is 5. The van der Waals surface area contributed by atoms with Gasteiger partial charge in [0.2, 0.25) is 5.91 Å². The van der Waals surface area contributed by atoms with Gasteiger partial charge in [0.1, 0.15) is 5.52 Å². The Balaban J connectivity index is 1.98. The molecule has 0 aliphatic heterocycles. The third-order valence-corrected chi connectivity index (χ3v) is 3.76. The number of oxazole rings is 1. The third-order valence-electron chi connectivity index (χ3n) is 2.58. The number of rotatable bonds is 6. The number of benzene rings is 1. The van der Waals surface area contributed by atoms with Gasteiger partial charge < -0.3 is 14.5 Å². The fourth-order valence-corrected chi connectivity index (χ4v) is 2.50. The maximum atomic E-state index is 11.8. The Kier molecular flexibility index (Phi) is 5.28. The van der Waals surface area contributed by atoms with Crippen molar-refractivity contribution in [3.05, 3.63) is 23.2 Å². The number of ether oxygens (including phenoxy) is 1. The molecule has 5 nitrogen and oxygen atoms in total. The Morgan fingerprint density at radius 1 is 1.60 bits per heavy atom. The number of methoxy groups -OCH3 is 1. The van der Waals surface area contributed by atoms with Crippen molar-refractivity contribution in [2.24, 2.45) is 0 Å². The summed E-state index contributed by atoms with van der Waals surface area (Å²) in [5.74, 6) is -0.0765. The molecule has 108 valence electrons. The summed E-state index contributed by atoms with van der Waals surface area (Å²) in [6.07, 6.45) is 0. The van der Waals surface area contributed by atoms with E-state index in [1.165, 1.54) is 11.8 Å². The second-order valence-electron chi connectivity index (χ2n) is 4.14. The summed E-state index contributed by atoms with van der Waals surface area (Å²) in [6.45, 7) is 2.78. The van der Waals surface area contributed by atoms with Gasteiger partial charge in [0.05, 0.1) is 11.9 Å². The van der Waals surface area contributed by atoms with Crippen LogP contribution in [0.15, 0.2) is 27.8 Å². The number of nitrogens with zero attached hydrogens (tertiary/aromatic N) is 1. The van der Waals surface area contributed by atoms with Gasteiger partial charge in [-0.3, -0.25) is 4.79 Å². The van der Waals surface area contributed by atoms with Gasteiger partial charge in [0.25, 0.3) is 5.22 Å². The van der Waals surface area contributed by atoms with Crippen molar-refractivity contribution in [3.63, 3.8) is 0 Å². The molecule has 0 fully saturated rings. The maximum Gasteiger partial charge on any atom is 0.257 e. The molecular formula is C13H15ClN2O3S. The van der Waals surface area contributed by atoms with E-state index in [0.29, 0.717) is 29.0 Å². The largest absolute Gasteiger partial charge is 0.431 e. The van der Waals surface area contributed by atoms with Crippen LogP contribution >= 0.6 is 23.4 Å². The number of hydrogen-bond donors (Lipinski definition) is 1. The van der Waals surface area contributed by atoms with Crippen molar-refractivity contribution in [2.75, 3.05) is 20.3 Å². The first-order chi connectivity index (χ1) is 9.60. The molecule has 1 N–H and O–H groups in total. The van der Waals surface area contributed by atoms with Gasteiger partial charge in [0, 0.05) is 24.7 Å². The van der Waals surface area contributed by atoms with Gasteiger partial charge >= 0.3 is 0 Å². The van der Waals surface area contributed by atoms with E-state index in [1.807, 2.05) is 0 Å². The highest BCUT2D eigenvalue weighted by atomic mass is 35.5. The summed E-state index contributed by atoms with van der Waals surface area (Å²) in [5.41, 5.74) is 1.34. The molecule has 1 heterocycles. The fraction of sp³-hybridized carbons (Fsp3) is 0.385. The normalized spacial score (nSPS) is 12.6. The summed E-state index contributed by atoms with van der Waals surface area (Å²) in [6, 6.07) is 5.24. The highest BCUT2D eigenvalue weighted by molar-refractivity contribution is 8.00. The Bertz CT molecular complexity index is 602. The molecule has 1 aromatic carbocycles. The number of thioether (sulfide) groups is 1. The minimum Gasteiger partial charge on any atom is -0.431 e. The van der Waals surface area contributed by atoms with Crippen LogP contribution in [0.3, 0.4) is 0 Å². The summed E-state index contributed by atoms with van der Waals surface area (Å²) in [5, 5.41) is 3.52. The highest BCUT2D eigenvalue weighted by Crippen LogP contribution is 2.28.